The van der Waals surface area contributed by atoms with Crippen molar-refractivity contribution in [1.29, 1.82) is 0 Å². The highest BCUT2D eigenvalue weighted by molar-refractivity contribution is 6.31. The first kappa shape index (κ1) is 17.9. The summed E-state index contributed by atoms with van der Waals surface area (Å²) in [4.78, 5) is 20.1. The Labute approximate surface area is 154 Å². The average molecular weight is 362 g/mol. The van der Waals surface area contributed by atoms with Gasteiger partial charge in [0, 0.05) is 24.3 Å². The molecule has 2 heterocycles. The van der Waals surface area contributed by atoms with Crippen molar-refractivity contribution >= 4 is 23.4 Å². The minimum Gasteiger partial charge on any atom is -0.444 e. The number of carbonyl (C=O) groups is 1. The van der Waals surface area contributed by atoms with E-state index < -0.39 is 5.60 Å². The maximum absolute atomic E-state index is 12.5. The Kier molecular flexibility index (Phi) is 4.83. The highest BCUT2D eigenvalue weighted by Crippen LogP contribution is 2.35. The molecule has 0 spiro atoms. The van der Waals surface area contributed by atoms with Crippen LogP contribution in [0.2, 0.25) is 5.02 Å². The van der Waals surface area contributed by atoms with E-state index >= 15 is 0 Å². The highest BCUT2D eigenvalue weighted by atomic mass is 35.5. The summed E-state index contributed by atoms with van der Waals surface area (Å²) >= 11 is 6.31. The third kappa shape index (κ3) is 3.85. The normalized spacial score (nSPS) is 22.7. The van der Waals surface area contributed by atoms with Crippen LogP contribution >= 0.6 is 11.6 Å². The van der Waals surface area contributed by atoms with Crippen LogP contribution in [-0.2, 0) is 11.3 Å². The summed E-state index contributed by atoms with van der Waals surface area (Å²) in [5.41, 5.74) is 1.44. The largest absolute Gasteiger partial charge is 0.444 e. The molecule has 134 valence electrons. The van der Waals surface area contributed by atoms with Gasteiger partial charge in [-0.05, 0) is 51.8 Å². The van der Waals surface area contributed by atoms with Crippen LogP contribution in [0.5, 0.6) is 0 Å². The van der Waals surface area contributed by atoms with Gasteiger partial charge < -0.3 is 14.5 Å². The Morgan fingerprint density at radius 2 is 1.96 bits per heavy atom. The molecule has 2 atom stereocenters. The summed E-state index contributed by atoms with van der Waals surface area (Å²) < 4.78 is 5.58. The van der Waals surface area contributed by atoms with E-state index in [4.69, 9.17) is 22.9 Å². The van der Waals surface area contributed by atoms with Crippen LogP contribution < -0.4 is 4.90 Å². The van der Waals surface area contributed by atoms with E-state index in [-0.39, 0.29) is 18.2 Å². The average Bonchev–Trinajstić information content (AvgIpc) is 2.78. The number of carbonyl (C=O) groups excluding carboxylic acids is 1. The van der Waals surface area contributed by atoms with Crippen LogP contribution in [0.4, 0.5) is 10.5 Å². The molecule has 2 aliphatic rings. The number of fused-ring (bicyclic) bond motifs is 2. The summed E-state index contributed by atoms with van der Waals surface area (Å²) in [6.07, 6.45) is 1.80. The van der Waals surface area contributed by atoms with Gasteiger partial charge in [-0.25, -0.2) is 11.4 Å². The standard InChI is InChI=1S/C19H24ClN3O2/c1-19(2,3)25-18(24)23-15-7-8-16(23)12-22(11-15)14-6-5-13(10-21-4)17(20)9-14/h5-6,9,15-16H,7-8,10-12H2,1-3H3. The number of halogens is 1. The quantitative estimate of drug-likeness (QED) is 0.735. The fraction of sp³-hybridized carbons (Fsp3) is 0.579. The van der Waals surface area contributed by atoms with Gasteiger partial charge in [-0.1, -0.05) is 11.6 Å². The lowest BCUT2D eigenvalue weighted by atomic mass is 10.1. The predicted molar refractivity (Wildman–Crippen MR) is 98.9 cm³/mol. The number of piperazine rings is 1. The predicted octanol–water partition coefficient (Wildman–Crippen LogP) is 4.35. The van der Waals surface area contributed by atoms with Crippen LogP contribution in [-0.4, -0.2) is 41.8 Å². The Balaban J connectivity index is 1.73. The van der Waals surface area contributed by atoms with Crippen molar-refractivity contribution < 1.29 is 9.53 Å². The van der Waals surface area contributed by atoms with Crippen molar-refractivity contribution in [2.75, 3.05) is 18.0 Å². The minimum absolute atomic E-state index is 0.176. The molecule has 1 aromatic carbocycles. The lowest BCUT2D eigenvalue weighted by Crippen LogP contribution is -2.56. The van der Waals surface area contributed by atoms with Crippen molar-refractivity contribution in [3.63, 3.8) is 0 Å². The summed E-state index contributed by atoms with van der Waals surface area (Å²) in [5, 5.41) is 0.635. The summed E-state index contributed by atoms with van der Waals surface area (Å²) in [5.74, 6) is 0. The molecule has 0 N–H and O–H groups in total. The first-order valence-corrected chi connectivity index (χ1v) is 9.04. The fourth-order valence-corrected chi connectivity index (χ4v) is 3.91. The number of hydrogen-bond donors (Lipinski definition) is 0. The first-order valence-electron chi connectivity index (χ1n) is 8.66. The maximum Gasteiger partial charge on any atom is 0.410 e. The molecule has 1 aromatic rings. The van der Waals surface area contributed by atoms with Gasteiger partial charge in [0.2, 0.25) is 6.54 Å². The number of benzene rings is 1. The zero-order valence-corrected chi connectivity index (χ0v) is 15.7. The van der Waals surface area contributed by atoms with Gasteiger partial charge in [0.15, 0.2) is 0 Å². The van der Waals surface area contributed by atoms with Gasteiger partial charge in [0.25, 0.3) is 0 Å². The Morgan fingerprint density at radius 1 is 1.32 bits per heavy atom. The van der Waals surface area contributed by atoms with E-state index in [0.29, 0.717) is 11.6 Å². The molecule has 2 aliphatic heterocycles. The Hall–Kier alpha value is -1.93. The van der Waals surface area contributed by atoms with Gasteiger partial charge in [0.1, 0.15) is 5.60 Å². The maximum atomic E-state index is 12.5. The molecule has 1 amide bonds. The number of rotatable bonds is 2. The summed E-state index contributed by atoms with van der Waals surface area (Å²) in [6, 6.07) is 6.24. The van der Waals surface area contributed by atoms with Crippen LogP contribution in [0.25, 0.3) is 4.85 Å². The lowest BCUT2D eigenvalue weighted by Gasteiger charge is -2.42. The molecular formula is C19H24ClN3O2. The smallest absolute Gasteiger partial charge is 0.410 e. The SMILES string of the molecule is [C-]#[N+]Cc1ccc(N2CC3CCC(C2)N3C(=O)OC(C)(C)C)cc1Cl. The zero-order chi connectivity index (χ0) is 18.2. The lowest BCUT2D eigenvalue weighted by molar-refractivity contribution is 0.0123. The van der Waals surface area contributed by atoms with Crippen molar-refractivity contribution in [1.82, 2.24) is 4.90 Å². The molecule has 5 nitrogen and oxygen atoms in total. The monoisotopic (exact) mass is 361 g/mol. The fourth-order valence-electron chi connectivity index (χ4n) is 3.67. The molecule has 2 fully saturated rings. The Bertz CT molecular complexity index is 694. The van der Waals surface area contributed by atoms with E-state index in [1.54, 1.807) is 0 Å². The van der Waals surface area contributed by atoms with E-state index in [1.807, 2.05) is 43.9 Å². The third-order valence-corrected chi connectivity index (χ3v) is 5.09. The summed E-state index contributed by atoms with van der Waals surface area (Å²) in [6.45, 7) is 14.5. The van der Waals surface area contributed by atoms with Crippen LogP contribution in [0.15, 0.2) is 18.2 Å². The zero-order valence-electron chi connectivity index (χ0n) is 15.0. The van der Waals surface area contributed by atoms with Crippen LogP contribution in [0, 0.1) is 6.57 Å². The molecule has 0 radical (unpaired) electrons. The van der Waals surface area contributed by atoms with E-state index in [1.165, 1.54) is 0 Å². The topological polar surface area (TPSA) is 37.1 Å². The van der Waals surface area contributed by atoms with Gasteiger partial charge in [-0.15, -0.1) is 0 Å². The molecular weight excluding hydrogens is 338 g/mol. The number of anilines is 1. The van der Waals surface area contributed by atoms with Crippen molar-refractivity contribution in [2.24, 2.45) is 0 Å². The molecule has 0 aromatic heterocycles. The van der Waals surface area contributed by atoms with E-state index in [9.17, 15) is 4.79 Å². The van der Waals surface area contributed by atoms with Crippen LogP contribution in [0.3, 0.4) is 0 Å². The van der Waals surface area contributed by atoms with Gasteiger partial charge in [-0.3, -0.25) is 4.90 Å². The number of nitrogens with zero attached hydrogens (tertiary/aromatic N) is 3. The first-order chi connectivity index (χ1) is 11.8. The molecule has 2 unspecified atom stereocenters. The van der Waals surface area contributed by atoms with Gasteiger partial charge in [-0.2, -0.15) is 0 Å². The molecule has 25 heavy (non-hydrogen) atoms. The molecule has 3 rings (SSSR count). The van der Waals surface area contributed by atoms with Crippen molar-refractivity contribution in [3.8, 4) is 0 Å². The van der Waals surface area contributed by atoms with Crippen molar-refractivity contribution in [3.05, 3.63) is 40.2 Å². The molecule has 6 heteroatoms. The molecule has 2 saturated heterocycles. The van der Waals surface area contributed by atoms with E-state index in [2.05, 4.69) is 9.74 Å². The number of ether oxygens (including phenoxy) is 1. The number of amides is 1. The highest BCUT2D eigenvalue weighted by Gasteiger charge is 2.44. The molecule has 2 bridgehead atoms. The van der Waals surface area contributed by atoms with Crippen molar-refractivity contribution in [2.45, 2.75) is 57.8 Å². The summed E-state index contributed by atoms with van der Waals surface area (Å²) in [7, 11) is 0. The molecule has 0 aliphatic carbocycles. The third-order valence-electron chi connectivity index (χ3n) is 4.74. The van der Waals surface area contributed by atoms with Gasteiger partial charge >= 0.3 is 6.09 Å². The second kappa shape index (κ2) is 6.76. The minimum atomic E-state index is -0.472. The second-order valence-corrected chi connectivity index (χ2v) is 8.18. The van der Waals surface area contributed by atoms with Crippen LogP contribution in [0.1, 0.15) is 39.2 Å². The molecule has 0 saturated carbocycles. The Morgan fingerprint density at radius 3 is 2.48 bits per heavy atom. The second-order valence-electron chi connectivity index (χ2n) is 7.77. The number of hydrogen-bond acceptors (Lipinski definition) is 3. The van der Waals surface area contributed by atoms with E-state index in [0.717, 1.165) is 37.2 Å². The van der Waals surface area contributed by atoms with Gasteiger partial charge in [0.05, 0.1) is 17.1 Å².